The van der Waals surface area contributed by atoms with Gasteiger partial charge >= 0.3 is 0 Å². The Morgan fingerprint density at radius 1 is 0.414 bits per heavy atom. The lowest BCUT2D eigenvalue weighted by Crippen LogP contribution is -2.23. The maximum Gasteiger partial charge on any atom is 0.136 e. The lowest BCUT2D eigenvalue weighted by Gasteiger charge is -2.32. The van der Waals surface area contributed by atoms with Gasteiger partial charge in [-0.2, -0.15) is 0 Å². The Hall–Kier alpha value is -6.64. The van der Waals surface area contributed by atoms with E-state index in [0.29, 0.717) is 0 Å². The Morgan fingerprint density at radius 3 is 1.71 bits per heavy atom. The molecule has 0 spiro atoms. The highest BCUT2D eigenvalue weighted by molar-refractivity contribution is 6.26. The number of fused-ring (bicyclic) bond motifs is 16. The third-order valence-corrected chi connectivity index (χ3v) is 14.1. The molecular weight excluding hydrogens is 703 g/mol. The van der Waals surface area contributed by atoms with Gasteiger partial charge in [0.05, 0.1) is 0 Å². The predicted molar refractivity (Wildman–Crippen MR) is 245 cm³/mol. The molecule has 1 aromatic heterocycles. The Balaban J connectivity index is 1.13. The Kier molecular flexibility index (Phi) is 6.90. The highest BCUT2D eigenvalue weighted by atomic mass is 16.3. The van der Waals surface area contributed by atoms with Crippen molar-refractivity contribution in [3.63, 3.8) is 0 Å². The normalized spacial score (nSPS) is 14.6. The Bertz CT molecular complexity index is 3320. The summed E-state index contributed by atoms with van der Waals surface area (Å²) in [6.07, 6.45) is 2.02. The van der Waals surface area contributed by atoms with Crippen molar-refractivity contribution in [1.29, 1.82) is 0 Å². The molecule has 0 N–H and O–H groups in total. The first-order valence-electron chi connectivity index (χ1n) is 20.9. The Morgan fingerprint density at radius 2 is 0.966 bits per heavy atom. The zero-order valence-electron chi connectivity index (χ0n) is 33.4. The summed E-state index contributed by atoms with van der Waals surface area (Å²) >= 11 is 0. The quantitative estimate of drug-likeness (QED) is 0.163. The van der Waals surface area contributed by atoms with E-state index < -0.39 is 0 Å². The zero-order valence-corrected chi connectivity index (χ0v) is 33.4. The first-order chi connectivity index (χ1) is 28.4. The smallest absolute Gasteiger partial charge is 0.136 e. The summed E-state index contributed by atoms with van der Waals surface area (Å²) < 4.78 is 6.47. The van der Waals surface area contributed by atoms with Crippen LogP contribution >= 0.6 is 0 Å². The van der Waals surface area contributed by atoms with Crippen LogP contribution in [0.15, 0.2) is 168 Å². The SMILES string of the molecule is CCC1(CC)c2cc(N(c3ccc4c(c3)-c3ccccc3C4(C)C)c3ccc4c5ccccc5c5ccccc5c4c3)ccc2-c2c1ccc1oc3ccccc3c21. The molecule has 2 heteroatoms. The van der Waals surface area contributed by atoms with Gasteiger partial charge in [0.25, 0.3) is 0 Å². The largest absolute Gasteiger partial charge is 0.456 e. The summed E-state index contributed by atoms with van der Waals surface area (Å²) in [6, 6.07) is 61.4. The molecule has 12 rings (SSSR count). The number of anilines is 3. The zero-order chi connectivity index (χ0) is 38.9. The van der Waals surface area contributed by atoms with E-state index in [1.165, 1.54) is 93.3 Å². The van der Waals surface area contributed by atoms with Gasteiger partial charge in [0, 0.05) is 38.7 Å². The van der Waals surface area contributed by atoms with Crippen LogP contribution in [0.5, 0.6) is 0 Å². The van der Waals surface area contributed by atoms with Crippen LogP contribution in [0.25, 0.3) is 76.5 Å². The van der Waals surface area contributed by atoms with Gasteiger partial charge in [-0.3, -0.25) is 0 Å². The third-order valence-electron chi connectivity index (χ3n) is 14.1. The number of nitrogens with zero attached hydrogens (tertiary/aromatic N) is 1. The van der Waals surface area contributed by atoms with Crippen LogP contribution in [-0.4, -0.2) is 0 Å². The molecule has 278 valence electrons. The van der Waals surface area contributed by atoms with Gasteiger partial charge in [-0.1, -0.05) is 143 Å². The summed E-state index contributed by atoms with van der Waals surface area (Å²) in [7, 11) is 0. The van der Waals surface area contributed by atoms with Gasteiger partial charge < -0.3 is 9.32 Å². The minimum absolute atomic E-state index is 0.0675. The fraction of sp³-hybridized carbons (Fsp3) is 0.143. The molecule has 0 unspecified atom stereocenters. The standard InChI is InChI=1S/C56H43NO/c1-5-56(6-2)49-29-30-52-54(44-20-12-14-22-51(44)58-52)53(49)43-27-24-36(33-50(43)56)57(35-25-28-48-46(32-35)42-19-11-13-21-47(42)55(48,3)4)34-23-26-41-39-17-8-7-15-37(39)38-16-9-10-18-40(38)45(41)31-34/h7-33H,5-6H2,1-4H3. The first-order valence-corrected chi connectivity index (χ1v) is 20.9. The molecule has 58 heavy (non-hydrogen) atoms. The van der Waals surface area contributed by atoms with Crippen LogP contribution in [0.4, 0.5) is 17.1 Å². The molecule has 1 heterocycles. The van der Waals surface area contributed by atoms with E-state index >= 15 is 0 Å². The van der Waals surface area contributed by atoms with Gasteiger partial charge in [0.15, 0.2) is 0 Å². The molecule has 2 aliphatic rings. The molecule has 0 aliphatic heterocycles. The molecule has 0 radical (unpaired) electrons. The molecule has 0 atom stereocenters. The van der Waals surface area contributed by atoms with Crippen molar-refractivity contribution < 1.29 is 4.42 Å². The molecule has 10 aromatic rings. The van der Waals surface area contributed by atoms with Crippen molar-refractivity contribution in [3.8, 4) is 22.3 Å². The summed E-state index contributed by atoms with van der Waals surface area (Å²) in [5.74, 6) is 0. The average Bonchev–Trinajstić information content (AvgIpc) is 3.87. The summed E-state index contributed by atoms with van der Waals surface area (Å²) in [5.41, 5.74) is 16.1. The van der Waals surface area contributed by atoms with E-state index in [1.54, 1.807) is 0 Å². The lowest BCUT2D eigenvalue weighted by atomic mass is 9.73. The van der Waals surface area contributed by atoms with Crippen molar-refractivity contribution in [2.24, 2.45) is 0 Å². The van der Waals surface area contributed by atoms with Gasteiger partial charge in [-0.05, 0) is 138 Å². The summed E-state index contributed by atoms with van der Waals surface area (Å²) in [5, 5.41) is 10.1. The van der Waals surface area contributed by atoms with Crippen LogP contribution in [-0.2, 0) is 10.8 Å². The van der Waals surface area contributed by atoms with E-state index in [2.05, 4.69) is 196 Å². The highest BCUT2D eigenvalue weighted by Gasteiger charge is 2.43. The number of hydrogen-bond acceptors (Lipinski definition) is 2. The minimum atomic E-state index is -0.127. The molecule has 2 nitrogen and oxygen atoms in total. The summed E-state index contributed by atoms with van der Waals surface area (Å²) in [4.78, 5) is 2.51. The van der Waals surface area contributed by atoms with E-state index in [1.807, 2.05) is 0 Å². The van der Waals surface area contributed by atoms with Crippen molar-refractivity contribution in [1.82, 2.24) is 0 Å². The number of furan rings is 1. The second-order valence-corrected chi connectivity index (χ2v) is 17.0. The first kappa shape index (κ1) is 33.5. The van der Waals surface area contributed by atoms with Crippen molar-refractivity contribution >= 4 is 71.3 Å². The maximum atomic E-state index is 6.47. The molecule has 2 aliphatic carbocycles. The average molecular weight is 746 g/mol. The second kappa shape index (κ2) is 11.9. The summed E-state index contributed by atoms with van der Waals surface area (Å²) in [6.45, 7) is 9.45. The molecule has 0 bridgehead atoms. The van der Waals surface area contributed by atoms with Gasteiger partial charge in [-0.25, -0.2) is 0 Å². The molecular formula is C56H43NO. The number of rotatable bonds is 5. The molecule has 0 fully saturated rings. The molecule has 0 saturated carbocycles. The van der Waals surface area contributed by atoms with Crippen molar-refractivity contribution in [2.45, 2.75) is 51.4 Å². The number of benzene rings is 9. The monoisotopic (exact) mass is 745 g/mol. The third kappa shape index (κ3) is 4.33. The van der Waals surface area contributed by atoms with Gasteiger partial charge in [0.2, 0.25) is 0 Å². The lowest BCUT2D eigenvalue weighted by molar-refractivity contribution is 0.490. The van der Waals surface area contributed by atoms with Crippen LogP contribution in [0, 0.1) is 0 Å². The van der Waals surface area contributed by atoms with Crippen LogP contribution in [0.2, 0.25) is 0 Å². The topological polar surface area (TPSA) is 16.4 Å². The van der Waals surface area contributed by atoms with Crippen LogP contribution in [0.3, 0.4) is 0 Å². The number of hydrogen-bond donors (Lipinski definition) is 0. The minimum Gasteiger partial charge on any atom is -0.456 e. The van der Waals surface area contributed by atoms with Crippen LogP contribution in [0.1, 0.15) is 62.8 Å². The van der Waals surface area contributed by atoms with Crippen molar-refractivity contribution in [2.75, 3.05) is 4.90 Å². The number of para-hydroxylation sites is 1. The molecule has 9 aromatic carbocycles. The second-order valence-electron chi connectivity index (χ2n) is 17.0. The van der Waals surface area contributed by atoms with Crippen LogP contribution < -0.4 is 4.90 Å². The highest BCUT2D eigenvalue weighted by Crippen LogP contribution is 2.58. The molecule has 0 amide bonds. The van der Waals surface area contributed by atoms with Gasteiger partial charge in [0.1, 0.15) is 11.2 Å². The Labute approximate surface area is 339 Å². The fourth-order valence-corrected chi connectivity index (χ4v) is 11.3. The molecule has 0 saturated heterocycles. The van der Waals surface area contributed by atoms with E-state index in [-0.39, 0.29) is 10.8 Å². The van der Waals surface area contributed by atoms with E-state index in [4.69, 9.17) is 4.42 Å². The van der Waals surface area contributed by atoms with Gasteiger partial charge in [-0.15, -0.1) is 0 Å². The fourth-order valence-electron chi connectivity index (χ4n) is 11.3. The maximum absolute atomic E-state index is 6.47. The van der Waals surface area contributed by atoms with E-state index in [0.717, 1.165) is 35.4 Å². The van der Waals surface area contributed by atoms with E-state index in [9.17, 15) is 0 Å². The predicted octanol–water partition coefficient (Wildman–Crippen LogP) is 15.9. The van der Waals surface area contributed by atoms with Crippen molar-refractivity contribution in [3.05, 3.63) is 186 Å².